The van der Waals surface area contributed by atoms with Crippen molar-refractivity contribution in [2.24, 2.45) is 0 Å². The summed E-state index contributed by atoms with van der Waals surface area (Å²) in [5, 5.41) is 1.62. The molecule has 0 aliphatic carbocycles. The highest BCUT2D eigenvalue weighted by Crippen LogP contribution is 2.35. The molecule has 0 aromatic heterocycles. The van der Waals surface area contributed by atoms with Crippen LogP contribution in [0.4, 0.5) is 22.0 Å². The molecule has 0 fully saturated rings. The second-order valence-corrected chi connectivity index (χ2v) is 4.75. The molecule has 0 aliphatic heterocycles. The van der Waals surface area contributed by atoms with Gasteiger partial charge < -0.3 is 5.32 Å². The average molecular weight is 290 g/mol. The van der Waals surface area contributed by atoms with Crippen molar-refractivity contribution in [3.8, 4) is 0 Å². The number of hydrogen-bond donors (Lipinski definition) is 1. The van der Waals surface area contributed by atoms with Gasteiger partial charge in [0, 0.05) is 25.2 Å². The standard InChI is InChI=1S/C11H19F5N2O/c1-7(2)18(8(3)4)6-5-17-9(19)10(12,13)11(14,15)16/h7-8H,5-6H2,1-4H3,(H,17,19). The maximum atomic E-state index is 12.6. The number of carbonyl (C=O) groups excluding carboxylic acids is 1. The molecule has 0 spiro atoms. The van der Waals surface area contributed by atoms with E-state index in [1.54, 1.807) is 5.32 Å². The molecule has 0 aromatic rings. The molecule has 0 rings (SSSR count). The lowest BCUT2D eigenvalue weighted by atomic mass is 10.2. The van der Waals surface area contributed by atoms with Crippen molar-refractivity contribution in [1.82, 2.24) is 10.2 Å². The summed E-state index contributed by atoms with van der Waals surface area (Å²) < 4.78 is 60.9. The summed E-state index contributed by atoms with van der Waals surface area (Å²) in [6, 6.07) is 0.194. The van der Waals surface area contributed by atoms with E-state index in [9.17, 15) is 26.7 Å². The maximum Gasteiger partial charge on any atom is 0.463 e. The van der Waals surface area contributed by atoms with Gasteiger partial charge in [-0.15, -0.1) is 0 Å². The average Bonchev–Trinajstić information content (AvgIpc) is 2.20. The molecule has 0 radical (unpaired) electrons. The molecule has 0 aromatic carbocycles. The van der Waals surface area contributed by atoms with Crippen molar-refractivity contribution in [1.29, 1.82) is 0 Å². The Morgan fingerprint density at radius 3 is 1.79 bits per heavy atom. The lowest BCUT2D eigenvalue weighted by molar-refractivity contribution is -0.269. The van der Waals surface area contributed by atoms with Crippen LogP contribution < -0.4 is 5.32 Å². The van der Waals surface area contributed by atoms with E-state index in [4.69, 9.17) is 0 Å². The summed E-state index contributed by atoms with van der Waals surface area (Å²) in [6.07, 6.45) is -5.87. The van der Waals surface area contributed by atoms with Crippen molar-refractivity contribution in [3.05, 3.63) is 0 Å². The Morgan fingerprint density at radius 1 is 1.05 bits per heavy atom. The Balaban J connectivity index is 4.40. The highest BCUT2D eigenvalue weighted by atomic mass is 19.4. The van der Waals surface area contributed by atoms with Crippen LogP contribution in [0.3, 0.4) is 0 Å². The van der Waals surface area contributed by atoms with Gasteiger partial charge in [-0.05, 0) is 27.7 Å². The van der Waals surface area contributed by atoms with Gasteiger partial charge in [-0.2, -0.15) is 22.0 Å². The highest BCUT2D eigenvalue weighted by Gasteiger charge is 2.63. The monoisotopic (exact) mass is 290 g/mol. The fourth-order valence-electron chi connectivity index (χ4n) is 1.65. The van der Waals surface area contributed by atoms with Gasteiger partial charge in [-0.1, -0.05) is 0 Å². The smallest absolute Gasteiger partial charge is 0.349 e. The Morgan fingerprint density at radius 2 is 1.47 bits per heavy atom. The Bertz CT molecular complexity index is 294. The normalized spacial score (nSPS) is 13.5. The third-order valence-corrected chi connectivity index (χ3v) is 2.62. The quantitative estimate of drug-likeness (QED) is 0.762. The minimum Gasteiger partial charge on any atom is -0.349 e. The first-order valence-electron chi connectivity index (χ1n) is 5.89. The van der Waals surface area contributed by atoms with Crippen LogP contribution in [-0.4, -0.2) is 48.1 Å². The number of alkyl halides is 5. The van der Waals surface area contributed by atoms with Gasteiger partial charge in [0.05, 0.1) is 0 Å². The zero-order valence-corrected chi connectivity index (χ0v) is 11.3. The summed E-state index contributed by atoms with van der Waals surface area (Å²) >= 11 is 0. The van der Waals surface area contributed by atoms with Crippen molar-refractivity contribution >= 4 is 5.91 Å². The van der Waals surface area contributed by atoms with Gasteiger partial charge in [0.2, 0.25) is 0 Å². The van der Waals surface area contributed by atoms with Crippen LogP contribution in [0.25, 0.3) is 0 Å². The molecule has 0 unspecified atom stereocenters. The third-order valence-electron chi connectivity index (χ3n) is 2.62. The summed E-state index contributed by atoms with van der Waals surface area (Å²) in [4.78, 5) is 12.7. The molecule has 0 bridgehead atoms. The first-order valence-corrected chi connectivity index (χ1v) is 5.89. The van der Waals surface area contributed by atoms with Gasteiger partial charge in [0.25, 0.3) is 5.91 Å². The van der Waals surface area contributed by atoms with Crippen LogP contribution in [0.1, 0.15) is 27.7 Å². The van der Waals surface area contributed by atoms with E-state index in [1.165, 1.54) is 0 Å². The van der Waals surface area contributed by atoms with Crippen LogP contribution in [0.15, 0.2) is 0 Å². The summed E-state index contributed by atoms with van der Waals surface area (Å²) in [5.41, 5.74) is 0. The molecule has 1 N–H and O–H groups in total. The summed E-state index contributed by atoms with van der Waals surface area (Å²) in [7, 11) is 0. The van der Waals surface area contributed by atoms with Gasteiger partial charge in [-0.3, -0.25) is 9.69 Å². The van der Waals surface area contributed by atoms with Crippen molar-refractivity contribution < 1.29 is 26.7 Å². The molecule has 3 nitrogen and oxygen atoms in total. The second-order valence-electron chi connectivity index (χ2n) is 4.75. The molecule has 0 saturated carbocycles. The molecule has 0 saturated heterocycles. The number of rotatable bonds is 6. The first kappa shape index (κ1) is 18.1. The molecule has 1 amide bonds. The van der Waals surface area contributed by atoms with Crippen LogP contribution >= 0.6 is 0 Å². The maximum absolute atomic E-state index is 12.6. The molecule has 0 atom stereocenters. The third kappa shape index (κ3) is 4.93. The SMILES string of the molecule is CC(C)N(CCNC(=O)C(F)(F)C(F)(F)F)C(C)C. The predicted octanol–water partition coefficient (Wildman–Crippen LogP) is 2.42. The summed E-state index contributed by atoms with van der Waals surface area (Å²) in [5.74, 6) is -7.67. The van der Waals surface area contributed by atoms with E-state index >= 15 is 0 Å². The van der Waals surface area contributed by atoms with Crippen molar-refractivity contribution in [2.45, 2.75) is 51.9 Å². The number of halogens is 5. The zero-order valence-electron chi connectivity index (χ0n) is 11.3. The van der Waals surface area contributed by atoms with Crippen molar-refractivity contribution in [2.75, 3.05) is 13.1 Å². The van der Waals surface area contributed by atoms with Gasteiger partial charge in [-0.25, -0.2) is 0 Å². The van der Waals surface area contributed by atoms with Crippen LogP contribution in [0.2, 0.25) is 0 Å². The molecular formula is C11H19F5N2O. The lowest BCUT2D eigenvalue weighted by Crippen LogP contribution is -2.52. The molecule has 0 aliphatic rings. The minimum absolute atomic E-state index is 0.0972. The second kappa shape index (κ2) is 6.49. The van der Waals surface area contributed by atoms with E-state index in [1.807, 2.05) is 32.6 Å². The highest BCUT2D eigenvalue weighted by molar-refractivity contribution is 5.84. The van der Waals surface area contributed by atoms with Crippen LogP contribution in [0, 0.1) is 0 Å². The fourth-order valence-corrected chi connectivity index (χ4v) is 1.65. The fraction of sp³-hybridized carbons (Fsp3) is 0.909. The van der Waals surface area contributed by atoms with E-state index in [2.05, 4.69) is 0 Å². The molecule has 114 valence electrons. The topological polar surface area (TPSA) is 32.3 Å². The van der Waals surface area contributed by atoms with E-state index in [-0.39, 0.29) is 25.2 Å². The van der Waals surface area contributed by atoms with Crippen LogP contribution in [0.5, 0.6) is 0 Å². The Hall–Kier alpha value is -0.920. The van der Waals surface area contributed by atoms with E-state index < -0.39 is 18.0 Å². The first-order chi connectivity index (χ1) is 8.41. The minimum atomic E-state index is -5.87. The van der Waals surface area contributed by atoms with Crippen LogP contribution in [-0.2, 0) is 4.79 Å². The number of hydrogen-bond acceptors (Lipinski definition) is 2. The number of amides is 1. The Labute approximate surface area is 109 Å². The largest absolute Gasteiger partial charge is 0.463 e. The van der Waals surface area contributed by atoms with E-state index in [0.717, 1.165) is 0 Å². The zero-order chi connectivity index (χ0) is 15.4. The molecule has 19 heavy (non-hydrogen) atoms. The number of nitrogens with zero attached hydrogens (tertiary/aromatic N) is 1. The van der Waals surface area contributed by atoms with Gasteiger partial charge >= 0.3 is 12.1 Å². The number of carbonyl (C=O) groups is 1. The molecule has 8 heteroatoms. The Kier molecular flexibility index (Phi) is 6.18. The predicted molar refractivity (Wildman–Crippen MR) is 61.0 cm³/mol. The van der Waals surface area contributed by atoms with E-state index in [0.29, 0.717) is 0 Å². The van der Waals surface area contributed by atoms with Gasteiger partial charge in [0.1, 0.15) is 0 Å². The number of nitrogens with one attached hydrogen (secondary N) is 1. The van der Waals surface area contributed by atoms with Crippen molar-refractivity contribution in [3.63, 3.8) is 0 Å². The lowest BCUT2D eigenvalue weighted by Gasteiger charge is -2.30. The molecule has 0 heterocycles. The summed E-state index contributed by atoms with van der Waals surface area (Å²) in [6.45, 7) is 7.41. The van der Waals surface area contributed by atoms with Gasteiger partial charge in [0.15, 0.2) is 0 Å². The molecular weight excluding hydrogens is 271 g/mol.